The summed E-state index contributed by atoms with van der Waals surface area (Å²) in [5.41, 5.74) is 8.52. The van der Waals surface area contributed by atoms with Crippen molar-refractivity contribution in [3.05, 3.63) is 120 Å². The fourth-order valence-electron chi connectivity index (χ4n) is 3.13. The van der Waals surface area contributed by atoms with Crippen molar-refractivity contribution in [1.82, 2.24) is 10.9 Å². The van der Waals surface area contributed by atoms with Crippen molar-refractivity contribution in [2.75, 3.05) is 0 Å². The number of guanidine groups is 1. The lowest BCUT2D eigenvalue weighted by Crippen LogP contribution is -2.32. The van der Waals surface area contributed by atoms with Gasteiger partial charge in [0.05, 0.1) is 31.9 Å². The zero-order valence-corrected chi connectivity index (χ0v) is 21.5. The summed E-state index contributed by atoms with van der Waals surface area (Å²) < 4.78 is 0. The number of benzene rings is 3. The number of nitro groups is 3. The highest BCUT2D eigenvalue weighted by molar-refractivity contribution is 6.01. The van der Waals surface area contributed by atoms with Crippen LogP contribution in [0.4, 0.5) is 17.1 Å². The Bertz CT molecular complexity index is 1450. The lowest BCUT2D eigenvalue weighted by Gasteiger charge is -2.07. The molecular formula is C25H23N9O6. The Labute approximate surface area is 227 Å². The van der Waals surface area contributed by atoms with Crippen LogP contribution in [0, 0.1) is 30.3 Å². The van der Waals surface area contributed by atoms with E-state index in [1.165, 1.54) is 36.4 Å². The maximum Gasteiger partial charge on any atom is 0.269 e. The number of nitrogens with one attached hydrogen (secondary N) is 2. The molecule has 0 aliphatic rings. The molecule has 0 fully saturated rings. The number of nitro benzene ring substituents is 3. The summed E-state index contributed by atoms with van der Waals surface area (Å²) in [6.45, 7) is 5.03. The van der Waals surface area contributed by atoms with Crippen molar-refractivity contribution in [3.63, 3.8) is 0 Å². The third-order valence-corrected chi connectivity index (χ3v) is 5.45. The Morgan fingerprint density at radius 2 is 0.825 bits per heavy atom. The lowest BCUT2D eigenvalue weighted by atomic mass is 10.1. The van der Waals surface area contributed by atoms with Crippen LogP contribution in [0.5, 0.6) is 0 Å². The summed E-state index contributed by atoms with van der Waals surface area (Å²) in [5, 5.41) is 49.5. The first-order valence-electron chi connectivity index (χ1n) is 11.5. The van der Waals surface area contributed by atoms with E-state index in [4.69, 9.17) is 0 Å². The summed E-state index contributed by atoms with van der Waals surface area (Å²) in [6.07, 6.45) is 0. The number of hydrogen-bond acceptors (Lipinski definition) is 10. The first-order chi connectivity index (χ1) is 19.0. The fourth-order valence-corrected chi connectivity index (χ4v) is 3.13. The number of nitrogens with zero attached hydrogens (tertiary/aromatic N) is 7. The number of hydrogen-bond donors (Lipinski definition) is 2. The largest absolute Gasteiger partial charge is 0.269 e. The molecule has 204 valence electrons. The van der Waals surface area contributed by atoms with Crippen LogP contribution in [0.1, 0.15) is 37.5 Å². The second kappa shape index (κ2) is 13.1. The van der Waals surface area contributed by atoms with Crippen LogP contribution < -0.4 is 10.9 Å². The average Bonchev–Trinajstić information content (AvgIpc) is 2.96. The van der Waals surface area contributed by atoms with E-state index < -0.39 is 14.8 Å². The summed E-state index contributed by atoms with van der Waals surface area (Å²) in [5.74, 6) is 0.00350. The third kappa shape index (κ3) is 7.82. The summed E-state index contributed by atoms with van der Waals surface area (Å²) in [7, 11) is 0. The van der Waals surface area contributed by atoms with Crippen molar-refractivity contribution < 1.29 is 14.8 Å². The van der Waals surface area contributed by atoms with Crippen LogP contribution in [0.25, 0.3) is 0 Å². The van der Waals surface area contributed by atoms with Crippen LogP contribution >= 0.6 is 0 Å². The van der Waals surface area contributed by atoms with E-state index in [9.17, 15) is 30.3 Å². The van der Waals surface area contributed by atoms with Gasteiger partial charge in [0.25, 0.3) is 23.0 Å². The van der Waals surface area contributed by atoms with Gasteiger partial charge >= 0.3 is 0 Å². The summed E-state index contributed by atoms with van der Waals surface area (Å²) in [6, 6.07) is 17.4. The highest BCUT2D eigenvalue weighted by atomic mass is 16.6. The van der Waals surface area contributed by atoms with Gasteiger partial charge in [0.2, 0.25) is 0 Å². The minimum absolute atomic E-state index is 0.00350. The third-order valence-electron chi connectivity index (χ3n) is 5.45. The van der Waals surface area contributed by atoms with Gasteiger partial charge in [-0.25, -0.2) is 10.9 Å². The van der Waals surface area contributed by atoms with Crippen molar-refractivity contribution in [2.24, 2.45) is 20.4 Å². The van der Waals surface area contributed by atoms with E-state index in [1.54, 1.807) is 57.2 Å². The zero-order valence-electron chi connectivity index (χ0n) is 21.5. The smallest absolute Gasteiger partial charge is 0.258 e. The van der Waals surface area contributed by atoms with Gasteiger partial charge in [-0.2, -0.15) is 15.3 Å². The second-order valence-electron chi connectivity index (χ2n) is 8.16. The maximum absolute atomic E-state index is 10.9. The molecule has 0 aliphatic carbocycles. The Morgan fingerprint density at radius 1 is 0.525 bits per heavy atom. The number of hydrazone groups is 2. The molecule has 0 amide bonds. The fraction of sp³-hybridized carbons (Fsp3) is 0.120. The van der Waals surface area contributed by atoms with Gasteiger partial charge in [0.15, 0.2) is 0 Å². The SMILES string of the molecule is C/C(=N/N=C(N/N=C(/C)c1ccc([N+](=O)[O-])cc1)N/N=C(/C)c1ccc([N+](=O)[O-])cc1)c1ccc([N+](=O)[O-])cc1. The normalized spacial score (nSPS) is 11.9. The van der Waals surface area contributed by atoms with Gasteiger partial charge in [0.1, 0.15) is 0 Å². The van der Waals surface area contributed by atoms with Crippen LogP contribution in [-0.2, 0) is 0 Å². The zero-order chi connectivity index (χ0) is 29.2. The molecule has 0 saturated heterocycles. The first-order valence-corrected chi connectivity index (χ1v) is 11.5. The van der Waals surface area contributed by atoms with E-state index in [0.717, 1.165) is 0 Å². The highest BCUT2D eigenvalue weighted by Crippen LogP contribution is 2.14. The molecule has 0 radical (unpaired) electrons. The molecule has 0 heterocycles. The van der Waals surface area contributed by atoms with Crippen LogP contribution in [0.3, 0.4) is 0 Å². The molecule has 0 atom stereocenters. The van der Waals surface area contributed by atoms with Gasteiger partial charge in [-0.05, 0) is 73.9 Å². The van der Waals surface area contributed by atoms with Gasteiger partial charge in [-0.1, -0.05) is 0 Å². The van der Waals surface area contributed by atoms with Crippen LogP contribution in [0.15, 0.2) is 93.2 Å². The molecule has 0 aliphatic heterocycles. The van der Waals surface area contributed by atoms with Crippen molar-refractivity contribution in [2.45, 2.75) is 20.8 Å². The van der Waals surface area contributed by atoms with Crippen molar-refractivity contribution >= 4 is 40.2 Å². The van der Waals surface area contributed by atoms with E-state index in [2.05, 4.69) is 31.3 Å². The summed E-state index contributed by atoms with van der Waals surface area (Å²) in [4.78, 5) is 31.2. The van der Waals surface area contributed by atoms with Crippen LogP contribution in [-0.4, -0.2) is 37.9 Å². The molecule has 3 aromatic carbocycles. The Morgan fingerprint density at radius 3 is 1.12 bits per heavy atom. The van der Waals surface area contributed by atoms with E-state index in [-0.39, 0.29) is 23.0 Å². The van der Waals surface area contributed by atoms with Crippen molar-refractivity contribution in [1.29, 1.82) is 0 Å². The molecule has 15 nitrogen and oxygen atoms in total. The highest BCUT2D eigenvalue weighted by Gasteiger charge is 2.09. The van der Waals surface area contributed by atoms with Gasteiger partial charge in [0, 0.05) is 36.4 Å². The predicted octanol–water partition coefficient (Wildman–Crippen LogP) is 4.52. The second-order valence-corrected chi connectivity index (χ2v) is 8.16. The maximum atomic E-state index is 10.9. The quantitative estimate of drug-likeness (QED) is 0.169. The molecule has 40 heavy (non-hydrogen) atoms. The molecular weight excluding hydrogens is 522 g/mol. The predicted molar refractivity (Wildman–Crippen MR) is 150 cm³/mol. The lowest BCUT2D eigenvalue weighted by molar-refractivity contribution is -0.385. The molecule has 0 unspecified atom stereocenters. The molecule has 15 heteroatoms. The van der Waals surface area contributed by atoms with Crippen LogP contribution in [0.2, 0.25) is 0 Å². The van der Waals surface area contributed by atoms with Gasteiger partial charge < -0.3 is 0 Å². The van der Waals surface area contributed by atoms with E-state index in [0.29, 0.717) is 33.8 Å². The average molecular weight is 546 g/mol. The minimum Gasteiger partial charge on any atom is -0.258 e. The Balaban J connectivity index is 1.86. The minimum atomic E-state index is -0.503. The topological polar surface area (TPSA) is 203 Å². The molecule has 0 bridgehead atoms. The molecule has 0 saturated carbocycles. The molecule has 3 rings (SSSR count). The monoisotopic (exact) mass is 545 g/mol. The van der Waals surface area contributed by atoms with E-state index in [1.807, 2.05) is 0 Å². The molecule has 0 spiro atoms. The van der Waals surface area contributed by atoms with E-state index >= 15 is 0 Å². The summed E-state index contributed by atoms with van der Waals surface area (Å²) >= 11 is 0. The Kier molecular flexibility index (Phi) is 9.39. The number of rotatable bonds is 9. The Hall–Kier alpha value is -5.86. The molecule has 0 aromatic heterocycles. The van der Waals surface area contributed by atoms with Crippen molar-refractivity contribution in [3.8, 4) is 0 Å². The number of non-ortho nitro benzene ring substituents is 3. The first kappa shape index (κ1) is 28.7. The molecule has 3 aromatic rings. The molecule has 2 N–H and O–H groups in total. The van der Waals surface area contributed by atoms with Gasteiger partial charge in [-0.3, -0.25) is 30.3 Å². The van der Waals surface area contributed by atoms with Gasteiger partial charge in [-0.15, -0.1) is 5.10 Å². The standard InChI is InChI=1S/C25H23N9O6/c1-16(19-4-10-22(11-5-19)32(35)36)26-29-25(30-27-17(2)20-6-12-23(13-7-20)33(37)38)31-28-18(3)21-8-14-24(15-9-21)34(39)40/h4-15H,1-3H3,(H2,29,30,31)/b26-16-,27-17-,28-18-.